The topological polar surface area (TPSA) is 83.0 Å². The standard InChI is InChI=1S/C18H19N5O2/c1-19-18(25)17-13-10-23(9-7-14(13)20-21-17)16(24)11-22-8-6-12-4-2-3-5-15(12)22/h2-6,8H,7,9-11H2,1H3,(H,19,25)(H,20,21). The van der Waals surface area contributed by atoms with E-state index in [0.29, 0.717) is 25.2 Å². The highest BCUT2D eigenvalue weighted by molar-refractivity contribution is 5.94. The van der Waals surface area contributed by atoms with Gasteiger partial charge in [-0.05, 0) is 17.5 Å². The van der Waals surface area contributed by atoms with Gasteiger partial charge in [-0.25, -0.2) is 0 Å². The molecule has 2 aromatic heterocycles. The van der Waals surface area contributed by atoms with Crippen LogP contribution < -0.4 is 5.32 Å². The average molecular weight is 337 g/mol. The third-order valence-corrected chi connectivity index (χ3v) is 4.71. The van der Waals surface area contributed by atoms with Crippen LogP contribution in [0.15, 0.2) is 36.5 Å². The monoisotopic (exact) mass is 337 g/mol. The predicted octanol–water partition coefficient (Wildman–Crippen LogP) is 1.31. The van der Waals surface area contributed by atoms with Gasteiger partial charge >= 0.3 is 0 Å². The van der Waals surface area contributed by atoms with Crippen LogP contribution in [0.1, 0.15) is 21.7 Å². The van der Waals surface area contributed by atoms with Gasteiger partial charge in [-0.3, -0.25) is 14.7 Å². The summed E-state index contributed by atoms with van der Waals surface area (Å²) in [5.74, 6) is -0.195. The Hall–Kier alpha value is -3.09. The summed E-state index contributed by atoms with van der Waals surface area (Å²) in [6.45, 7) is 1.32. The zero-order valence-electron chi connectivity index (χ0n) is 14.0. The fourth-order valence-electron chi connectivity index (χ4n) is 3.34. The Morgan fingerprint density at radius 3 is 2.96 bits per heavy atom. The first-order valence-corrected chi connectivity index (χ1v) is 8.27. The van der Waals surface area contributed by atoms with Crippen LogP contribution in [0.5, 0.6) is 0 Å². The Kier molecular flexibility index (Phi) is 3.76. The van der Waals surface area contributed by atoms with E-state index in [2.05, 4.69) is 15.5 Å². The lowest BCUT2D eigenvalue weighted by Gasteiger charge is -2.27. The van der Waals surface area contributed by atoms with Crippen molar-refractivity contribution in [3.05, 3.63) is 53.5 Å². The molecule has 1 aromatic carbocycles. The van der Waals surface area contributed by atoms with E-state index < -0.39 is 0 Å². The van der Waals surface area contributed by atoms with E-state index in [-0.39, 0.29) is 18.4 Å². The first-order valence-electron chi connectivity index (χ1n) is 8.27. The molecule has 0 saturated carbocycles. The number of amides is 2. The minimum atomic E-state index is -0.233. The number of benzene rings is 1. The van der Waals surface area contributed by atoms with Crippen LogP contribution in [0.4, 0.5) is 0 Å². The van der Waals surface area contributed by atoms with E-state index in [0.717, 1.165) is 22.2 Å². The van der Waals surface area contributed by atoms with Gasteiger partial charge in [0.2, 0.25) is 5.91 Å². The molecule has 0 aliphatic carbocycles. The molecule has 4 rings (SSSR count). The number of rotatable bonds is 3. The second-order valence-electron chi connectivity index (χ2n) is 6.18. The maximum absolute atomic E-state index is 12.8. The third kappa shape index (κ3) is 2.67. The van der Waals surface area contributed by atoms with E-state index in [1.165, 1.54) is 0 Å². The molecule has 1 aliphatic rings. The number of nitrogens with one attached hydrogen (secondary N) is 2. The summed E-state index contributed by atoms with van der Waals surface area (Å²) in [6, 6.07) is 10.0. The Balaban J connectivity index is 1.54. The van der Waals surface area contributed by atoms with Gasteiger partial charge in [0.05, 0.1) is 0 Å². The molecule has 2 amide bonds. The summed E-state index contributed by atoms with van der Waals surface area (Å²) < 4.78 is 1.96. The highest BCUT2D eigenvalue weighted by Gasteiger charge is 2.27. The summed E-state index contributed by atoms with van der Waals surface area (Å²) in [7, 11) is 1.58. The lowest BCUT2D eigenvalue weighted by molar-refractivity contribution is -0.132. The number of hydrogen-bond acceptors (Lipinski definition) is 3. The minimum Gasteiger partial charge on any atom is -0.354 e. The molecule has 7 heteroatoms. The minimum absolute atomic E-state index is 0.0380. The Bertz CT molecular complexity index is 955. The molecular weight excluding hydrogens is 318 g/mol. The van der Waals surface area contributed by atoms with Crippen LogP contribution in [-0.4, -0.2) is 45.1 Å². The molecule has 0 spiro atoms. The third-order valence-electron chi connectivity index (χ3n) is 4.71. The molecule has 0 atom stereocenters. The summed E-state index contributed by atoms with van der Waals surface area (Å²) in [4.78, 5) is 26.5. The molecule has 2 N–H and O–H groups in total. The summed E-state index contributed by atoms with van der Waals surface area (Å²) >= 11 is 0. The quantitative estimate of drug-likeness (QED) is 0.756. The number of para-hydroxylation sites is 1. The maximum atomic E-state index is 12.8. The van der Waals surface area contributed by atoms with Crippen molar-refractivity contribution in [2.24, 2.45) is 0 Å². The van der Waals surface area contributed by atoms with Gasteiger partial charge in [-0.15, -0.1) is 0 Å². The first kappa shape index (κ1) is 15.4. The molecule has 3 heterocycles. The van der Waals surface area contributed by atoms with Crippen molar-refractivity contribution >= 4 is 22.7 Å². The van der Waals surface area contributed by atoms with E-state index in [9.17, 15) is 9.59 Å². The molecule has 0 radical (unpaired) electrons. The highest BCUT2D eigenvalue weighted by atomic mass is 16.2. The van der Waals surface area contributed by atoms with E-state index in [1.54, 1.807) is 11.9 Å². The number of H-pyrrole nitrogens is 1. The lowest BCUT2D eigenvalue weighted by Crippen LogP contribution is -2.38. The number of nitrogens with zero attached hydrogens (tertiary/aromatic N) is 3. The average Bonchev–Trinajstić information content (AvgIpc) is 3.25. The Morgan fingerprint density at radius 2 is 2.12 bits per heavy atom. The fourth-order valence-corrected chi connectivity index (χ4v) is 3.34. The molecule has 1 aliphatic heterocycles. The van der Waals surface area contributed by atoms with Crippen molar-refractivity contribution in [2.45, 2.75) is 19.5 Å². The van der Waals surface area contributed by atoms with E-state index >= 15 is 0 Å². The summed E-state index contributed by atoms with van der Waals surface area (Å²) in [5, 5.41) is 10.7. The molecule has 0 bridgehead atoms. The van der Waals surface area contributed by atoms with Crippen LogP contribution in [0.25, 0.3) is 10.9 Å². The van der Waals surface area contributed by atoms with Gasteiger partial charge in [0.1, 0.15) is 6.54 Å². The molecule has 0 saturated heterocycles. The normalized spacial score (nSPS) is 13.7. The molecule has 25 heavy (non-hydrogen) atoms. The predicted molar refractivity (Wildman–Crippen MR) is 93.0 cm³/mol. The van der Waals surface area contributed by atoms with Gasteiger partial charge in [-0.2, -0.15) is 5.10 Å². The summed E-state index contributed by atoms with van der Waals surface area (Å²) in [6.07, 6.45) is 2.61. The molecule has 7 nitrogen and oxygen atoms in total. The van der Waals surface area contributed by atoms with Crippen LogP contribution >= 0.6 is 0 Å². The molecule has 0 fully saturated rings. The SMILES string of the molecule is CNC(=O)c1n[nH]c2c1CN(C(=O)Cn1ccc3ccccc31)CC2. The van der Waals surface area contributed by atoms with Crippen LogP contribution in [0.3, 0.4) is 0 Å². The molecule has 0 unspecified atom stereocenters. The van der Waals surface area contributed by atoms with Crippen molar-refractivity contribution in [3.8, 4) is 0 Å². The molecular formula is C18H19N5O2. The second-order valence-corrected chi connectivity index (χ2v) is 6.18. The van der Waals surface area contributed by atoms with E-state index in [1.807, 2.05) is 41.1 Å². The smallest absolute Gasteiger partial charge is 0.271 e. The van der Waals surface area contributed by atoms with Gasteiger partial charge in [0.25, 0.3) is 5.91 Å². The van der Waals surface area contributed by atoms with Crippen LogP contribution in [-0.2, 0) is 24.3 Å². The number of aromatic nitrogens is 3. The molecule has 3 aromatic rings. The van der Waals surface area contributed by atoms with Gasteiger partial charge in [0.15, 0.2) is 5.69 Å². The second kappa shape index (κ2) is 6.08. The highest BCUT2D eigenvalue weighted by Crippen LogP contribution is 2.21. The zero-order chi connectivity index (χ0) is 17.4. The Labute approximate surface area is 144 Å². The van der Waals surface area contributed by atoms with Gasteiger partial charge < -0.3 is 14.8 Å². The molecule has 128 valence electrons. The van der Waals surface area contributed by atoms with Crippen molar-refractivity contribution < 1.29 is 9.59 Å². The van der Waals surface area contributed by atoms with E-state index in [4.69, 9.17) is 0 Å². The summed E-state index contributed by atoms with van der Waals surface area (Å²) in [5.41, 5.74) is 3.18. The number of hydrogen-bond donors (Lipinski definition) is 2. The van der Waals surface area contributed by atoms with Crippen molar-refractivity contribution in [2.75, 3.05) is 13.6 Å². The zero-order valence-corrected chi connectivity index (χ0v) is 14.0. The largest absolute Gasteiger partial charge is 0.354 e. The van der Waals surface area contributed by atoms with Crippen molar-refractivity contribution in [1.82, 2.24) is 25.0 Å². The number of carbonyl (C=O) groups excluding carboxylic acids is 2. The van der Waals surface area contributed by atoms with Crippen molar-refractivity contribution in [1.29, 1.82) is 0 Å². The van der Waals surface area contributed by atoms with Gasteiger partial charge in [-0.1, -0.05) is 18.2 Å². The van der Waals surface area contributed by atoms with Crippen LogP contribution in [0, 0.1) is 0 Å². The lowest BCUT2D eigenvalue weighted by atomic mass is 10.0. The number of aromatic amines is 1. The maximum Gasteiger partial charge on any atom is 0.271 e. The van der Waals surface area contributed by atoms with Crippen LogP contribution in [0.2, 0.25) is 0 Å². The van der Waals surface area contributed by atoms with Gasteiger partial charge in [0, 0.05) is 49.5 Å². The first-order chi connectivity index (χ1) is 12.2. The number of fused-ring (bicyclic) bond motifs is 2. The Morgan fingerprint density at radius 1 is 1.28 bits per heavy atom. The number of carbonyl (C=O) groups is 2. The fraction of sp³-hybridized carbons (Fsp3) is 0.278. The van der Waals surface area contributed by atoms with Crippen molar-refractivity contribution in [3.63, 3.8) is 0 Å².